The summed E-state index contributed by atoms with van der Waals surface area (Å²) in [6.45, 7) is 3.66. The average Bonchev–Trinajstić information content (AvgIpc) is 2.68. The number of ether oxygens (including phenoxy) is 2. The Hall–Kier alpha value is -2.28. The van der Waals surface area contributed by atoms with Crippen molar-refractivity contribution in [3.05, 3.63) is 28.8 Å². The van der Waals surface area contributed by atoms with Crippen molar-refractivity contribution in [2.45, 2.75) is 70.9 Å². The molecule has 3 amide bonds. The normalized spacial score (nSPS) is 15.3. The van der Waals surface area contributed by atoms with Gasteiger partial charge in [0.05, 0.1) is 6.61 Å². The number of benzene rings is 1. The summed E-state index contributed by atoms with van der Waals surface area (Å²) in [5, 5.41) is 5.68. The molecule has 1 aliphatic rings. The molecular weight excluding hydrogens is 396 g/mol. The molecule has 0 radical (unpaired) electrons. The van der Waals surface area contributed by atoms with Crippen molar-refractivity contribution in [2.24, 2.45) is 0 Å². The Morgan fingerprint density at radius 3 is 2.62 bits per heavy atom. The van der Waals surface area contributed by atoms with E-state index in [1.165, 1.54) is 13.3 Å². The molecule has 0 spiro atoms. The number of nitrogens with one attached hydrogen (secondary N) is 2. The molecule has 1 aromatic rings. The van der Waals surface area contributed by atoms with Gasteiger partial charge in [-0.1, -0.05) is 30.9 Å². The molecule has 0 unspecified atom stereocenters. The lowest BCUT2D eigenvalue weighted by molar-refractivity contribution is -0.154. The first-order valence-electron chi connectivity index (χ1n) is 10.0. The van der Waals surface area contributed by atoms with E-state index in [9.17, 15) is 14.4 Å². The van der Waals surface area contributed by atoms with Crippen LogP contribution in [0.1, 0.15) is 57.4 Å². The molecule has 0 aromatic heterocycles. The Bertz CT molecular complexity index is 719. The van der Waals surface area contributed by atoms with Gasteiger partial charge in [0.2, 0.25) is 0 Å². The van der Waals surface area contributed by atoms with Crippen LogP contribution in [0.15, 0.2) is 18.2 Å². The van der Waals surface area contributed by atoms with E-state index in [4.69, 9.17) is 21.1 Å². The van der Waals surface area contributed by atoms with Crippen LogP contribution in [0.3, 0.4) is 0 Å². The number of rotatable bonds is 8. The molecule has 8 heteroatoms. The van der Waals surface area contributed by atoms with E-state index in [-0.39, 0.29) is 12.5 Å². The summed E-state index contributed by atoms with van der Waals surface area (Å²) in [7, 11) is 0. The third-order valence-electron chi connectivity index (χ3n) is 4.78. The topological polar surface area (TPSA) is 93.7 Å². The minimum atomic E-state index is -1.04. The van der Waals surface area contributed by atoms with Gasteiger partial charge in [-0.3, -0.25) is 14.9 Å². The van der Waals surface area contributed by atoms with Crippen molar-refractivity contribution in [3.63, 3.8) is 0 Å². The van der Waals surface area contributed by atoms with Gasteiger partial charge in [-0.2, -0.15) is 0 Å². The van der Waals surface area contributed by atoms with Crippen LogP contribution in [0.2, 0.25) is 5.02 Å². The van der Waals surface area contributed by atoms with Gasteiger partial charge in [0.25, 0.3) is 5.91 Å². The summed E-state index contributed by atoms with van der Waals surface area (Å²) < 4.78 is 10.7. The number of aryl methyl sites for hydroxylation is 1. The number of carbonyl (C=O) groups is 3. The maximum atomic E-state index is 12.0. The molecule has 1 aliphatic carbocycles. The van der Waals surface area contributed by atoms with Crippen LogP contribution in [-0.4, -0.2) is 36.7 Å². The van der Waals surface area contributed by atoms with Crippen molar-refractivity contribution < 1.29 is 23.9 Å². The SMILES string of the molecule is Cc1cc(OCCCC(=O)O[C@@H](C)C(=O)NC(=O)NC2CCCCC2)ccc1Cl. The lowest BCUT2D eigenvalue weighted by Gasteiger charge is -2.23. The molecule has 0 saturated heterocycles. The van der Waals surface area contributed by atoms with E-state index in [0.717, 1.165) is 31.2 Å². The summed E-state index contributed by atoms with van der Waals surface area (Å²) in [5.74, 6) is -0.479. The van der Waals surface area contributed by atoms with Crippen molar-refractivity contribution in [3.8, 4) is 5.75 Å². The fraction of sp³-hybridized carbons (Fsp3) is 0.571. The lowest BCUT2D eigenvalue weighted by atomic mass is 9.96. The van der Waals surface area contributed by atoms with Gasteiger partial charge in [-0.15, -0.1) is 0 Å². The van der Waals surface area contributed by atoms with Crippen LogP contribution in [0.25, 0.3) is 0 Å². The molecule has 2 rings (SSSR count). The summed E-state index contributed by atoms with van der Waals surface area (Å²) >= 11 is 5.96. The second-order valence-electron chi connectivity index (χ2n) is 7.29. The molecule has 1 fully saturated rings. The first-order valence-corrected chi connectivity index (χ1v) is 10.4. The fourth-order valence-electron chi connectivity index (χ4n) is 3.11. The third-order valence-corrected chi connectivity index (χ3v) is 5.20. The molecule has 1 atom stereocenters. The molecule has 2 N–H and O–H groups in total. The molecule has 7 nitrogen and oxygen atoms in total. The van der Waals surface area contributed by atoms with Gasteiger partial charge in [0, 0.05) is 17.5 Å². The number of hydrogen-bond acceptors (Lipinski definition) is 5. The molecular formula is C21H29ClN2O5. The molecule has 1 saturated carbocycles. The van der Waals surface area contributed by atoms with Gasteiger partial charge < -0.3 is 14.8 Å². The number of halogens is 1. The van der Waals surface area contributed by atoms with Gasteiger partial charge in [0.1, 0.15) is 5.75 Å². The first-order chi connectivity index (χ1) is 13.8. The smallest absolute Gasteiger partial charge is 0.321 e. The van der Waals surface area contributed by atoms with Crippen LogP contribution < -0.4 is 15.4 Å². The van der Waals surface area contributed by atoms with Gasteiger partial charge in [-0.05, 0) is 56.9 Å². The summed E-state index contributed by atoms with van der Waals surface area (Å²) in [6.07, 6.45) is 4.68. The third kappa shape index (κ3) is 8.31. The van der Waals surface area contributed by atoms with E-state index < -0.39 is 24.0 Å². The standard InChI is InChI=1S/C21H29ClN2O5/c1-14-13-17(10-11-18(14)22)28-12-6-9-19(25)29-15(2)20(26)24-21(27)23-16-7-4-3-5-8-16/h10-11,13,15-16H,3-9,12H2,1-2H3,(H2,23,24,26,27)/t15-/m0/s1. The van der Waals surface area contributed by atoms with Crippen LogP contribution in [0.4, 0.5) is 4.79 Å². The second-order valence-corrected chi connectivity index (χ2v) is 7.70. The van der Waals surface area contributed by atoms with Crippen molar-refractivity contribution in [1.82, 2.24) is 10.6 Å². The monoisotopic (exact) mass is 424 g/mol. The largest absolute Gasteiger partial charge is 0.494 e. The maximum Gasteiger partial charge on any atom is 0.321 e. The summed E-state index contributed by atoms with van der Waals surface area (Å²) in [4.78, 5) is 35.8. The number of carbonyl (C=O) groups excluding carboxylic acids is 3. The molecule has 0 bridgehead atoms. The zero-order chi connectivity index (χ0) is 21.2. The van der Waals surface area contributed by atoms with Crippen LogP contribution in [0, 0.1) is 6.92 Å². The number of hydrogen-bond donors (Lipinski definition) is 2. The lowest BCUT2D eigenvalue weighted by Crippen LogP contribution is -2.48. The van der Waals surface area contributed by atoms with Gasteiger partial charge in [-0.25, -0.2) is 4.79 Å². The Morgan fingerprint density at radius 1 is 1.21 bits per heavy atom. The zero-order valence-electron chi connectivity index (χ0n) is 17.0. The number of urea groups is 1. The van der Waals surface area contributed by atoms with Gasteiger partial charge in [0.15, 0.2) is 6.10 Å². The van der Waals surface area contributed by atoms with E-state index in [0.29, 0.717) is 23.8 Å². The Kier molecular flexibility index (Phi) is 9.25. The Morgan fingerprint density at radius 2 is 1.93 bits per heavy atom. The maximum absolute atomic E-state index is 12.0. The Balaban J connectivity index is 1.62. The first kappa shape index (κ1) is 23.0. The summed E-state index contributed by atoms with van der Waals surface area (Å²) in [5.41, 5.74) is 0.913. The number of imide groups is 1. The second kappa shape index (κ2) is 11.7. The van der Waals surface area contributed by atoms with E-state index in [1.807, 2.05) is 13.0 Å². The van der Waals surface area contributed by atoms with Crippen molar-refractivity contribution in [1.29, 1.82) is 0 Å². The molecule has 29 heavy (non-hydrogen) atoms. The van der Waals surface area contributed by atoms with E-state index >= 15 is 0 Å². The predicted molar refractivity (Wildman–Crippen MR) is 110 cm³/mol. The zero-order valence-corrected chi connectivity index (χ0v) is 17.7. The van der Waals surface area contributed by atoms with Gasteiger partial charge >= 0.3 is 12.0 Å². The highest BCUT2D eigenvalue weighted by Crippen LogP contribution is 2.21. The highest BCUT2D eigenvalue weighted by atomic mass is 35.5. The molecule has 1 aromatic carbocycles. The van der Waals surface area contributed by atoms with Crippen molar-refractivity contribution >= 4 is 29.5 Å². The fourth-order valence-corrected chi connectivity index (χ4v) is 3.22. The highest BCUT2D eigenvalue weighted by molar-refractivity contribution is 6.31. The van der Waals surface area contributed by atoms with Crippen LogP contribution in [0.5, 0.6) is 5.75 Å². The molecule has 160 valence electrons. The Labute approximate surface area is 176 Å². The van der Waals surface area contributed by atoms with Crippen molar-refractivity contribution in [2.75, 3.05) is 6.61 Å². The summed E-state index contributed by atoms with van der Waals surface area (Å²) in [6, 6.07) is 4.89. The minimum absolute atomic E-state index is 0.0961. The quantitative estimate of drug-likeness (QED) is 0.487. The molecule has 0 aliphatic heterocycles. The van der Waals surface area contributed by atoms with Crippen LogP contribution in [-0.2, 0) is 14.3 Å². The highest BCUT2D eigenvalue weighted by Gasteiger charge is 2.22. The number of amides is 3. The predicted octanol–water partition coefficient (Wildman–Crippen LogP) is 3.90. The van der Waals surface area contributed by atoms with Crippen LogP contribution >= 0.6 is 11.6 Å². The van der Waals surface area contributed by atoms with E-state index in [2.05, 4.69) is 10.6 Å². The average molecular weight is 425 g/mol. The minimum Gasteiger partial charge on any atom is -0.494 e. The van der Waals surface area contributed by atoms with E-state index in [1.54, 1.807) is 12.1 Å². The molecule has 0 heterocycles. The number of esters is 1.